The molecule has 3 aromatic rings. The predicted molar refractivity (Wildman–Crippen MR) is 137 cm³/mol. The summed E-state index contributed by atoms with van der Waals surface area (Å²) in [5.74, 6) is 0.687. The van der Waals surface area contributed by atoms with Crippen LogP contribution in [0, 0.1) is 5.92 Å². The van der Waals surface area contributed by atoms with Crippen molar-refractivity contribution in [2.45, 2.75) is 24.9 Å². The number of nitrogens with zero attached hydrogens (tertiary/aromatic N) is 3. The zero-order valence-corrected chi connectivity index (χ0v) is 21.4. The average Bonchev–Trinajstić information content (AvgIpc) is 2.91. The average molecular weight is 512 g/mol. The quantitative estimate of drug-likeness (QED) is 0.258. The maximum absolute atomic E-state index is 13.6. The number of piperidine rings is 1. The molecular weight excluding hydrogens is 482 g/mol. The van der Waals surface area contributed by atoms with Gasteiger partial charge in [-0.25, -0.2) is 4.98 Å². The van der Waals surface area contributed by atoms with Crippen LogP contribution in [0.3, 0.4) is 0 Å². The molecule has 2 heterocycles. The Labute approximate surface area is 213 Å². The Morgan fingerprint density at radius 1 is 1.08 bits per heavy atom. The highest BCUT2D eigenvalue weighted by atomic mass is 32.2. The van der Waals surface area contributed by atoms with Crippen molar-refractivity contribution in [2.75, 3.05) is 39.7 Å². The second-order valence-corrected chi connectivity index (χ2v) is 9.23. The Kier molecular flexibility index (Phi) is 8.14. The van der Waals surface area contributed by atoms with E-state index in [1.54, 1.807) is 55.3 Å². The molecular formula is C26H29N3O6S. The zero-order chi connectivity index (χ0) is 25.7. The van der Waals surface area contributed by atoms with Crippen LogP contribution < -0.4 is 15.0 Å². The minimum atomic E-state index is -0.266. The van der Waals surface area contributed by atoms with Crippen LogP contribution in [0.25, 0.3) is 16.6 Å². The number of thioether (sulfide) groups is 1. The lowest BCUT2D eigenvalue weighted by atomic mass is 9.97. The van der Waals surface area contributed by atoms with Gasteiger partial charge in [-0.3, -0.25) is 19.0 Å². The largest absolute Gasteiger partial charge is 0.497 e. The minimum absolute atomic E-state index is 0.0751. The molecule has 36 heavy (non-hydrogen) atoms. The van der Waals surface area contributed by atoms with Gasteiger partial charge in [0.15, 0.2) is 5.16 Å². The molecule has 1 saturated heterocycles. The highest BCUT2D eigenvalue weighted by molar-refractivity contribution is 7.99. The van der Waals surface area contributed by atoms with Crippen molar-refractivity contribution in [2.24, 2.45) is 5.92 Å². The maximum Gasteiger partial charge on any atom is 0.309 e. The second-order valence-electron chi connectivity index (χ2n) is 8.29. The molecule has 10 heteroatoms. The number of carbonyl (C=O) groups is 2. The molecule has 1 aliphatic heterocycles. The molecule has 1 fully saturated rings. The number of benzene rings is 2. The third kappa shape index (κ3) is 5.33. The standard InChI is InChI=1S/C26H29N3O6S/c1-4-35-25(32)17-11-13-28(14-12-17)23(30)16-36-26-27-20-8-6-5-7-19(20)24(31)29(26)21-15-18(33-2)9-10-22(21)34-3/h5-10,15,17H,4,11-14,16H2,1-3H3. The molecule has 0 bridgehead atoms. The number of likely N-dealkylation sites (tertiary alicyclic amines) is 1. The normalized spacial score (nSPS) is 14.0. The van der Waals surface area contributed by atoms with E-state index in [4.69, 9.17) is 19.2 Å². The highest BCUT2D eigenvalue weighted by Gasteiger charge is 2.28. The van der Waals surface area contributed by atoms with E-state index in [0.29, 0.717) is 65.8 Å². The molecule has 0 radical (unpaired) electrons. The number of ether oxygens (including phenoxy) is 3. The SMILES string of the molecule is CCOC(=O)C1CCN(C(=O)CSc2nc3ccccc3c(=O)n2-c2cc(OC)ccc2OC)CC1. The number of amides is 1. The van der Waals surface area contributed by atoms with E-state index >= 15 is 0 Å². The number of hydrogen-bond donors (Lipinski definition) is 0. The number of fused-ring (bicyclic) bond motifs is 1. The van der Waals surface area contributed by atoms with Gasteiger partial charge in [-0.1, -0.05) is 23.9 Å². The molecule has 0 aliphatic carbocycles. The Bertz CT molecular complexity index is 1320. The summed E-state index contributed by atoms with van der Waals surface area (Å²) in [7, 11) is 3.08. The summed E-state index contributed by atoms with van der Waals surface area (Å²) in [5, 5.41) is 0.832. The van der Waals surface area contributed by atoms with Crippen molar-refractivity contribution in [3.63, 3.8) is 0 Å². The van der Waals surface area contributed by atoms with E-state index in [-0.39, 0.29) is 29.1 Å². The molecule has 1 aromatic heterocycles. The summed E-state index contributed by atoms with van der Waals surface area (Å²) < 4.78 is 17.5. The summed E-state index contributed by atoms with van der Waals surface area (Å²) in [6.45, 7) is 3.12. The zero-order valence-electron chi connectivity index (χ0n) is 20.6. The first kappa shape index (κ1) is 25.6. The molecule has 190 valence electrons. The molecule has 9 nitrogen and oxygen atoms in total. The Morgan fingerprint density at radius 2 is 1.83 bits per heavy atom. The van der Waals surface area contributed by atoms with Crippen molar-refractivity contribution in [1.29, 1.82) is 0 Å². The van der Waals surface area contributed by atoms with Gasteiger partial charge >= 0.3 is 5.97 Å². The lowest BCUT2D eigenvalue weighted by molar-refractivity contribution is -0.151. The fraction of sp³-hybridized carbons (Fsp3) is 0.385. The van der Waals surface area contributed by atoms with Gasteiger partial charge in [0.05, 0.1) is 49.1 Å². The van der Waals surface area contributed by atoms with E-state index in [2.05, 4.69) is 0 Å². The number of esters is 1. The van der Waals surface area contributed by atoms with E-state index in [9.17, 15) is 14.4 Å². The number of hydrogen-bond acceptors (Lipinski definition) is 8. The minimum Gasteiger partial charge on any atom is -0.497 e. The molecule has 2 aromatic carbocycles. The first-order valence-corrected chi connectivity index (χ1v) is 12.8. The monoisotopic (exact) mass is 511 g/mol. The van der Waals surface area contributed by atoms with Crippen LogP contribution in [0.5, 0.6) is 11.5 Å². The van der Waals surface area contributed by atoms with Gasteiger partial charge in [-0.05, 0) is 44.0 Å². The van der Waals surface area contributed by atoms with Crippen molar-refractivity contribution in [3.05, 3.63) is 52.8 Å². The molecule has 1 amide bonds. The number of rotatable bonds is 8. The summed E-state index contributed by atoms with van der Waals surface area (Å²) in [6, 6.07) is 12.3. The van der Waals surface area contributed by atoms with Crippen LogP contribution in [0.1, 0.15) is 19.8 Å². The highest BCUT2D eigenvalue weighted by Crippen LogP contribution is 2.31. The number of carbonyl (C=O) groups excluding carboxylic acids is 2. The van der Waals surface area contributed by atoms with Gasteiger partial charge in [-0.2, -0.15) is 0 Å². The molecule has 0 atom stereocenters. The van der Waals surface area contributed by atoms with E-state index in [1.165, 1.54) is 23.4 Å². The van der Waals surface area contributed by atoms with E-state index < -0.39 is 0 Å². The van der Waals surface area contributed by atoms with Crippen molar-refractivity contribution in [3.8, 4) is 17.2 Å². The molecule has 0 saturated carbocycles. The van der Waals surface area contributed by atoms with Crippen molar-refractivity contribution < 1.29 is 23.8 Å². The van der Waals surface area contributed by atoms with Crippen molar-refractivity contribution in [1.82, 2.24) is 14.5 Å². The molecule has 1 aliphatic rings. The molecule has 0 spiro atoms. The van der Waals surface area contributed by atoms with Crippen molar-refractivity contribution >= 4 is 34.5 Å². The van der Waals surface area contributed by atoms with Crippen LogP contribution in [0.15, 0.2) is 52.4 Å². The van der Waals surface area contributed by atoms with Gasteiger partial charge < -0.3 is 19.1 Å². The Balaban J connectivity index is 1.61. The number of aromatic nitrogens is 2. The predicted octanol–water partition coefficient (Wildman–Crippen LogP) is 3.30. The smallest absolute Gasteiger partial charge is 0.309 e. The topological polar surface area (TPSA) is 100.0 Å². The lowest BCUT2D eigenvalue weighted by Gasteiger charge is -2.30. The fourth-order valence-electron chi connectivity index (χ4n) is 4.24. The summed E-state index contributed by atoms with van der Waals surface area (Å²) in [4.78, 5) is 45.1. The third-order valence-corrected chi connectivity index (χ3v) is 7.09. The number of para-hydroxylation sites is 1. The van der Waals surface area contributed by atoms with E-state index in [0.717, 1.165) is 0 Å². The lowest BCUT2D eigenvalue weighted by Crippen LogP contribution is -2.41. The van der Waals surface area contributed by atoms with Crippen LogP contribution in [-0.4, -0.2) is 66.0 Å². The van der Waals surface area contributed by atoms with Crippen LogP contribution in [0.4, 0.5) is 0 Å². The Morgan fingerprint density at radius 3 is 2.53 bits per heavy atom. The van der Waals surface area contributed by atoms with Gasteiger partial charge in [0.1, 0.15) is 11.5 Å². The van der Waals surface area contributed by atoms with Crippen LogP contribution in [-0.2, 0) is 14.3 Å². The summed E-state index contributed by atoms with van der Waals surface area (Å²) >= 11 is 1.19. The van der Waals surface area contributed by atoms with Gasteiger partial charge in [-0.15, -0.1) is 0 Å². The molecule has 4 rings (SSSR count). The first-order valence-electron chi connectivity index (χ1n) is 11.8. The molecule has 0 N–H and O–H groups in total. The van der Waals surface area contributed by atoms with Gasteiger partial charge in [0.25, 0.3) is 5.56 Å². The van der Waals surface area contributed by atoms with Crippen LogP contribution >= 0.6 is 11.8 Å². The second kappa shape index (κ2) is 11.5. The molecule has 0 unspecified atom stereocenters. The summed E-state index contributed by atoms with van der Waals surface area (Å²) in [5.41, 5.74) is 0.758. The van der Waals surface area contributed by atoms with Crippen LogP contribution in [0.2, 0.25) is 0 Å². The number of methoxy groups -OCH3 is 2. The maximum atomic E-state index is 13.6. The first-order chi connectivity index (χ1) is 17.5. The Hall–Kier alpha value is -3.53. The van der Waals surface area contributed by atoms with Gasteiger partial charge in [0.2, 0.25) is 5.91 Å². The van der Waals surface area contributed by atoms with Gasteiger partial charge in [0, 0.05) is 19.2 Å². The summed E-state index contributed by atoms with van der Waals surface area (Å²) in [6.07, 6.45) is 1.16. The fourth-order valence-corrected chi connectivity index (χ4v) is 5.14. The third-order valence-electron chi connectivity index (χ3n) is 6.16. The van der Waals surface area contributed by atoms with E-state index in [1.807, 2.05) is 6.07 Å².